The van der Waals surface area contributed by atoms with Crippen molar-refractivity contribution < 1.29 is 8.78 Å². The zero-order chi connectivity index (χ0) is 5.21. The van der Waals surface area contributed by atoms with Crippen molar-refractivity contribution in [2.75, 3.05) is 0 Å². The first-order valence-corrected chi connectivity index (χ1v) is 1.48. The van der Waals surface area contributed by atoms with E-state index < -0.39 is 6.05 Å². The van der Waals surface area contributed by atoms with Gasteiger partial charge in [0.1, 0.15) is 0 Å². The molecule has 6 heavy (non-hydrogen) atoms. The first-order valence-electron chi connectivity index (χ1n) is 1.48. The Balaban J connectivity index is 3.17. The van der Waals surface area contributed by atoms with Gasteiger partial charge in [-0.05, 0) is 0 Å². The topological polar surface area (TPSA) is 12.0 Å². The highest BCUT2D eigenvalue weighted by Crippen LogP contribution is 2.03. The van der Waals surface area contributed by atoms with Crippen molar-refractivity contribution in [2.24, 2.45) is 0 Å². The molecule has 0 aliphatic carbocycles. The fourth-order valence-corrected chi connectivity index (χ4v) is 0. The van der Waals surface area contributed by atoms with Gasteiger partial charge < -0.3 is 0 Å². The van der Waals surface area contributed by atoms with Crippen LogP contribution in [-0.2, 0) is 0 Å². The average molecular weight is 94.1 g/mol. The van der Waals surface area contributed by atoms with E-state index >= 15 is 0 Å². The molecule has 1 N–H and O–H groups in total. The van der Waals surface area contributed by atoms with Gasteiger partial charge in [-0.3, -0.25) is 5.32 Å². The predicted molar refractivity (Wildman–Crippen MR) is 19.1 cm³/mol. The third-order valence-electron chi connectivity index (χ3n) is 0.310. The van der Waals surface area contributed by atoms with E-state index in [4.69, 9.17) is 0 Å². The van der Waals surface area contributed by atoms with Crippen LogP contribution in [0.3, 0.4) is 0 Å². The molecule has 0 aliphatic heterocycles. The standard InChI is InChI=1S/C3H6F2N/c1-3(4,5)6-2/h6H,2H2,1H3. The number of halogens is 2. The summed E-state index contributed by atoms with van der Waals surface area (Å²) in [7, 11) is 2.76. The molecule has 3 heteroatoms. The van der Waals surface area contributed by atoms with E-state index in [1.165, 1.54) is 5.32 Å². The predicted octanol–water partition coefficient (Wildman–Crippen LogP) is 0.980. The van der Waals surface area contributed by atoms with Gasteiger partial charge in [-0.1, -0.05) is 0 Å². The Hall–Kier alpha value is -0.180. The quantitative estimate of drug-likeness (QED) is 0.477. The van der Waals surface area contributed by atoms with Gasteiger partial charge in [0.05, 0.1) is 0 Å². The molecule has 0 atom stereocenters. The molecule has 0 saturated carbocycles. The van der Waals surface area contributed by atoms with Crippen LogP contribution in [0.1, 0.15) is 6.92 Å². The number of nitrogens with one attached hydrogen (secondary N) is 1. The Morgan fingerprint density at radius 3 is 1.83 bits per heavy atom. The Morgan fingerprint density at radius 1 is 1.67 bits per heavy atom. The Labute approximate surface area is 35.4 Å². The molecule has 0 amide bonds. The van der Waals surface area contributed by atoms with Gasteiger partial charge in [-0.15, -0.1) is 0 Å². The highest BCUT2D eigenvalue weighted by molar-refractivity contribution is 4.49. The van der Waals surface area contributed by atoms with Crippen molar-refractivity contribution in [3.8, 4) is 0 Å². The van der Waals surface area contributed by atoms with E-state index in [0.29, 0.717) is 0 Å². The monoisotopic (exact) mass is 94.0 g/mol. The molecule has 0 heterocycles. The average Bonchev–Trinajstić information content (AvgIpc) is 1.35. The molecule has 0 fully saturated rings. The molecule has 1 nitrogen and oxygen atoms in total. The minimum Gasteiger partial charge on any atom is -0.257 e. The second kappa shape index (κ2) is 1.51. The Kier molecular flexibility index (Phi) is 1.47. The summed E-state index contributed by atoms with van der Waals surface area (Å²) in [6.07, 6.45) is 0. The van der Waals surface area contributed by atoms with Gasteiger partial charge in [-0.2, -0.15) is 8.78 Å². The molecule has 0 aromatic rings. The third kappa shape index (κ3) is 3.82. The van der Waals surface area contributed by atoms with Crippen LogP contribution in [0.4, 0.5) is 8.78 Å². The summed E-state index contributed by atoms with van der Waals surface area (Å²) < 4.78 is 22.6. The molecule has 0 aliphatic rings. The zero-order valence-electron chi connectivity index (χ0n) is 3.46. The van der Waals surface area contributed by atoms with Crippen molar-refractivity contribution in [1.82, 2.24) is 5.32 Å². The molecule has 0 aromatic carbocycles. The molecule has 0 bridgehead atoms. The summed E-state index contributed by atoms with van der Waals surface area (Å²) in [6.45, 7) is 0.736. The fraction of sp³-hybridized carbons (Fsp3) is 0.667. The number of rotatable bonds is 1. The second-order valence-corrected chi connectivity index (χ2v) is 1.07. The van der Waals surface area contributed by atoms with Crippen LogP contribution in [0.15, 0.2) is 0 Å². The highest BCUT2D eigenvalue weighted by atomic mass is 19.3. The van der Waals surface area contributed by atoms with Crippen LogP contribution in [0.2, 0.25) is 0 Å². The molecular formula is C3H6F2N. The molecule has 0 rings (SSSR count). The second-order valence-electron chi connectivity index (χ2n) is 1.07. The van der Waals surface area contributed by atoms with Gasteiger partial charge in [0.25, 0.3) is 6.05 Å². The van der Waals surface area contributed by atoms with E-state index in [9.17, 15) is 8.78 Å². The maximum absolute atomic E-state index is 11.3. The van der Waals surface area contributed by atoms with E-state index in [0.717, 1.165) is 6.92 Å². The van der Waals surface area contributed by atoms with E-state index in [1.54, 1.807) is 0 Å². The lowest BCUT2D eigenvalue weighted by molar-refractivity contribution is -0.00156. The van der Waals surface area contributed by atoms with Crippen molar-refractivity contribution >= 4 is 0 Å². The molecule has 1 radical (unpaired) electrons. The molecule has 0 aromatic heterocycles. The Bertz CT molecular complexity index is 38.5. The SMILES string of the molecule is [CH2]NC(C)(F)F. The summed E-state index contributed by atoms with van der Waals surface area (Å²) in [5, 5.41) is 1.52. The van der Waals surface area contributed by atoms with Gasteiger partial charge in [0.15, 0.2) is 0 Å². The number of hydrogen-bond acceptors (Lipinski definition) is 1. The summed E-state index contributed by atoms with van der Waals surface area (Å²) >= 11 is 0. The van der Waals surface area contributed by atoms with Crippen LogP contribution in [0.25, 0.3) is 0 Å². The van der Waals surface area contributed by atoms with Crippen molar-refractivity contribution in [1.29, 1.82) is 0 Å². The summed E-state index contributed by atoms with van der Waals surface area (Å²) in [5.41, 5.74) is 0. The molecule has 37 valence electrons. The van der Waals surface area contributed by atoms with Crippen molar-refractivity contribution in [3.63, 3.8) is 0 Å². The fourth-order valence-electron chi connectivity index (χ4n) is 0. The summed E-state index contributed by atoms with van der Waals surface area (Å²) in [6, 6.07) is -2.82. The van der Waals surface area contributed by atoms with Gasteiger partial charge in [0.2, 0.25) is 0 Å². The minimum atomic E-state index is -2.82. The lowest BCUT2D eigenvalue weighted by Gasteiger charge is -2.04. The largest absolute Gasteiger partial charge is 0.299 e. The number of hydrogen-bond donors (Lipinski definition) is 1. The van der Waals surface area contributed by atoms with E-state index in [1.807, 2.05) is 0 Å². The molecule has 0 spiro atoms. The van der Waals surface area contributed by atoms with Crippen LogP contribution in [0.5, 0.6) is 0 Å². The molecular weight excluding hydrogens is 88.0 g/mol. The van der Waals surface area contributed by atoms with Crippen LogP contribution >= 0.6 is 0 Å². The molecule has 0 saturated heterocycles. The normalized spacial score (nSPS) is 12.0. The minimum absolute atomic E-state index is 0.736. The summed E-state index contributed by atoms with van der Waals surface area (Å²) in [5.74, 6) is 0. The number of alkyl halides is 2. The van der Waals surface area contributed by atoms with Gasteiger partial charge in [-0.25, -0.2) is 0 Å². The smallest absolute Gasteiger partial charge is 0.257 e. The Morgan fingerprint density at radius 2 is 1.83 bits per heavy atom. The van der Waals surface area contributed by atoms with Crippen LogP contribution in [0, 0.1) is 7.05 Å². The van der Waals surface area contributed by atoms with Gasteiger partial charge >= 0.3 is 0 Å². The van der Waals surface area contributed by atoms with Crippen LogP contribution in [-0.4, -0.2) is 6.05 Å². The maximum Gasteiger partial charge on any atom is 0.299 e. The van der Waals surface area contributed by atoms with Gasteiger partial charge in [0, 0.05) is 14.0 Å². The lowest BCUT2D eigenvalue weighted by atomic mass is 10.7. The van der Waals surface area contributed by atoms with Crippen molar-refractivity contribution in [2.45, 2.75) is 13.0 Å². The highest BCUT2D eigenvalue weighted by Gasteiger charge is 2.15. The third-order valence-corrected chi connectivity index (χ3v) is 0.310. The molecule has 0 unspecified atom stereocenters. The van der Waals surface area contributed by atoms with Crippen molar-refractivity contribution in [3.05, 3.63) is 7.05 Å². The van der Waals surface area contributed by atoms with Crippen LogP contribution < -0.4 is 5.32 Å². The first kappa shape index (κ1) is 5.82. The maximum atomic E-state index is 11.3. The van der Waals surface area contributed by atoms with E-state index in [2.05, 4.69) is 7.05 Å². The summed E-state index contributed by atoms with van der Waals surface area (Å²) in [4.78, 5) is 0. The lowest BCUT2D eigenvalue weighted by Crippen LogP contribution is -2.26. The zero-order valence-corrected chi connectivity index (χ0v) is 3.46. The first-order chi connectivity index (χ1) is 2.56. The van der Waals surface area contributed by atoms with E-state index in [-0.39, 0.29) is 0 Å².